The zero-order chi connectivity index (χ0) is 27.1. The summed E-state index contributed by atoms with van der Waals surface area (Å²) in [5.41, 5.74) is 2.26. The van der Waals surface area contributed by atoms with Crippen LogP contribution in [0.2, 0.25) is 5.02 Å². The Bertz CT molecular complexity index is 1180. The summed E-state index contributed by atoms with van der Waals surface area (Å²) in [5.74, 6) is 1.11. The summed E-state index contributed by atoms with van der Waals surface area (Å²) in [7, 11) is 3.65. The van der Waals surface area contributed by atoms with Crippen molar-refractivity contribution in [2.24, 2.45) is 0 Å². The fraction of sp³-hybridized carbons (Fsp3) is 0.481. The lowest BCUT2D eigenvalue weighted by atomic mass is 9.90. The molecule has 4 rings (SSSR count). The molecule has 2 fully saturated rings. The number of aromatic nitrogens is 2. The van der Waals surface area contributed by atoms with Gasteiger partial charge in [-0.2, -0.15) is 4.98 Å². The number of hydrogen-bond acceptors (Lipinski definition) is 8. The number of amides is 2. The molecule has 1 atom stereocenters. The highest BCUT2D eigenvalue weighted by atomic mass is 35.5. The van der Waals surface area contributed by atoms with Crippen molar-refractivity contribution in [1.82, 2.24) is 25.5 Å². The minimum Gasteiger partial charge on any atom is -0.495 e. The minimum absolute atomic E-state index is 0.00717. The summed E-state index contributed by atoms with van der Waals surface area (Å²) in [5, 5.41) is 12.9. The lowest BCUT2D eigenvalue weighted by Crippen LogP contribution is -2.43. The van der Waals surface area contributed by atoms with Gasteiger partial charge in [-0.1, -0.05) is 18.0 Å². The SMILES string of the molecule is COc1cc(C(=O)NC2CCN(C)CC2)ccc1Nc1ncc(Cl)c(NC2CCCC/C2=C\NC(C)=O)n1. The van der Waals surface area contributed by atoms with Crippen LogP contribution in [0.5, 0.6) is 5.75 Å². The first-order valence-corrected chi connectivity index (χ1v) is 13.4. The number of piperidine rings is 1. The maximum Gasteiger partial charge on any atom is 0.251 e. The lowest BCUT2D eigenvalue weighted by molar-refractivity contribution is -0.118. The number of nitrogens with zero attached hydrogens (tertiary/aromatic N) is 3. The number of rotatable bonds is 8. The average Bonchev–Trinajstić information content (AvgIpc) is 2.91. The van der Waals surface area contributed by atoms with Gasteiger partial charge in [0.1, 0.15) is 10.8 Å². The van der Waals surface area contributed by atoms with Gasteiger partial charge in [-0.25, -0.2) is 4.98 Å². The molecular weight excluding hydrogens is 506 g/mol. The molecule has 2 aromatic rings. The molecule has 1 saturated carbocycles. The van der Waals surface area contributed by atoms with Crippen LogP contribution >= 0.6 is 11.6 Å². The van der Waals surface area contributed by atoms with Crippen molar-refractivity contribution >= 4 is 40.9 Å². The van der Waals surface area contributed by atoms with Crippen molar-refractivity contribution in [3.05, 3.63) is 46.8 Å². The summed E-state index contributed by atoms with van der Waals surface area (Å²) in [6.45, 7) is 3.44. The van der Waals surface area contributed by atoms with Gasteiger partial charge in [0.2, 0.25) is 11.9 Å². The van der Waals surface area contributed by atoms with E-state index in [2.05, 4.69) is 43.2 Å². The molecule has 2 amide bonds. The van der Waals surface area contributed by atoms with E-state index >= 15 is 0 Å². The second-order valence-electron chi connectivity index (χ2n) is 9.84. The Morgan fingerprint density at radius 1 is 1.18 bits per heavy atom. The number of ether oxygens (including phenoxy) is 1. The molecule has 1 aromatic heterocycles. The third-order valence-corrected chi connectivity index (χ3v) is 7.21. The van der Waals surface area contributed by atoms with Crippen molar-refractivity contribution in [2.75, 3.05) is 37.9 Å². The lowest BCUT2D eigenvalue weighted by Gasteiger charge is -2.29. The Kier molecular flexibility index (Phi) is 9.41. The molecule has 204 valence electrons. The van der Waals surface area contributed by atoms with Crippen molar-refractivity contribution in [2.45, 2.75) is 57.5 Å². The summed E-state index contributed by atoms with van der Waals surface area (Å²) in [6.07, 6.45) is 9.13. The maximum absolute atomic E-state index is 12.8. The van der Waals surface area contributed by atoms with Crippen LogP contribution in [0.25, 0.3) is 0 Å². The molecule has 1 unspecified atom stereocenters. The van der Waals surface area contributed by atoms with Gasteiger partial charge >= 0.3 is 0 Å². The highest BCUT2D eigenvalue weighted by Crippen LogP contribution is 2.31. The Balaban J connectivity index is 1.45. The van der Waals surface area contributed by atoms with E-state index < -0.39 is 0 Å². The molecule has 0 bridgehead atoms. The summed E-state index contributed by atoms with van der Waals surface area (Å²) in [4.78, 5) is 35.4. The molecule has 1 aromatic carbocycles. The molecule has 1 saturated heterocycles. The van der Waals surface area contributed by atoms with Crippen LogP contribution in [0.15, 0.2) is 36.2 Å². The van der Waals surface area contributed by atoms with Gasteiger partial charge in [0, 0.05) is 24.7 Å². The van der Waals surface area contributed by atoms with E-state index in [4.69, 9.17) is 16.3 Å². The van der Waals surface area contributed by atoms with Crippen molar-refractivity contribution in [3.63, 3.8) is 0 Å². The highest BCUT2D eigenvalue weighted by molar-refractivity contribution is 6.32. The molecule has 0 radical (unpaired) electrons. The number of hydrogen-bond donors (Lipinski definition) is 4. The second kappa shape index (κ2) is 12.9. The average molecular weight is 542 g/mol. The van der Waals surface area contributed by atoms with E-state index in [9.17, 15) is 9.59 Å². The molecule has 1 aliphatic carbocycles. The van der Waals surface area contributed by atoms with Crippen LogP contribution in [0.3, 0.4) is 0 Å². The standard InChI is InChI=1S/C27H36ClN7O3/c1-17(36)29-15-19-6-4-5-7-22(19)32-25-21(28)16-30-27(34-25)33-23-9-8-18(14-24(23)38-3)26(37)31-20-10-12-35(2)13-11-20/h8-9,14-16,20,22H,4-7,10-13H2,1-3H3,(H,29,36)(H,31,37)(H2,30,32,33,34)/b19-15+. The van der Waals surface area contributed by atoms with Gasteiger partial charge in [-0.05, 0) is 76.0 Å². The second-order valence-corrected chi connectivity index (χ2v) is 10.3. The third-order valence-electron chi connectivity index (χ3n) is 6.94. The molecule has 38 heavy (non-hydrogen) atoms. The Labute approximate surface area is 228 Å². The minimum atomic E-state index is -0.116. The topological polar surface area (TPSA) is 121 Å². The first-order chi connectivity index (χ1) is 18.3. The third kappa shape index (κ3) is 7.35. The monoisotopic (exact) mass is 541 g/mol. The van der Waals surface area contributed by atoms with E-state index in [-0.39, 0.29) is 23.9 Å². The number of carbonyl (C=O) groups excluding carboxylic acids is 2. The summed E-state index contributed by atoms with van der Waals surface area (Å²) >= 11 is 6.42. The van der Waals surface area contributed by atoms with Crippen molar-refractivity contribution < 1.29 is 14.3 Å². The fourth-order valence-corrected chi connectivity index (χ4v) is 4.89. The molecular formula is C27H36ClN7O3. The van der Waals surface area contributed by atoms with Gasteiger partial charge in [-0.3, -0.25) is 9.59 Å². The van der Waals surface area contributed by atoms with Crippen LogP contribution in [0.4, 0.5) is 17.5 Å². The molecule has 0 spiro atoms. The molecule has 4 N–H and O–H groups in total. The quantitative estimate of drug-likeness (QED) is 0.394. The molecule has 1 aliphatic heterocycles. The molecule has 2 heterocycles. The Morgan fingerprint density at radius 2 is 1.97 bits per heavy atom. The van der Waals surface area contributed by atoms with Gasteiger partial charge in [-0.15, -0.1) is 0 Å². The van der Waals surface area contributed by atoms with Gasteiger partial charge in [0.15, 0.2) is 5.82 Å². The first-order valence-electron chi connectivity index (χ1n) is 13.0. The Morgan fingerprint density at radius 3 is 2.71 bits per heavy atom. The number of halogens is 1. The van der Waals surface area contributed by atoms with E-state index in [1.807, 2.05) is 0 Å². The smallest absolute Gasteiger partial charge is 0.251 e. The summed E-state index contributed by atoms with van der Waals surface area (Å²) in [6, 6.07) is 5.43. The van der Waals surface area contributed by atoms with Crippen LogP contribution in [-0.4, -0.2) is 66.0 Å². The number of anilines is 3. The van der Waals surface area contributed by atoms with Crippen LogP contribution in [-0.2, 0) is 4.79 Å². The number of likely N-dealkylation sites (tertiary alicyclic amines) is 1. The van der Waals surface area contributed by atoms with E-state index in [1.54, 1.807) is 31.5 Å². The van der Waals surface area contributed by atoms with E-state index in [0.717, 1.165) is 57.2 Å². The number of methoxy groups -OCH3 is 1. The van der Waals surface area contributed by atoms with Crippen LogP contribution < -0.4 is 26.0 Å². The molecule has 11 heteroatoms. The van der Waals surface area contributed by atoms with Crippen molar-refractivity contribution in [1.29, 1.82) is 0 Å². The predicted molar refractivity (Wildman–Crippen MR) is 149 cm³/mol. The maximum atomic E-state index is 12.8. The largest absolute Gasteiger partial charge is 0.495 e. The Hall–Kier alpha value is -3.37. The first kappa shape index (κ1) is 27.7. The number of benzene rings is 1. The van der Waals surface area contributed by atoms with Gasteiger partial charge in [0.25, 0.3) is 5.91 Å². The van der Waals surface area contributed by atoms with E-state index in [1.165, 1.54) is 13.1 Å². The van der Waals surface area contributed by atoms with Crippen LogP contribution in [0.1, 0.15) is 55.8 Å². The zero-order valence-electron chi connectivity index (χ0n) is 22.1. The van der Waals surface area contributed by atoms with Crippen molar-refractivity contribution in [3.8, 4) is 5.75 Å². The normalized spacial score (nSPS) is 19.6. The van der Waals surface area contributed by atoms with Gasteiger partial charge < -0.3 is 30.9 Å². The van der Waals surface area contributed by atoms with Gasteiger partial charge in [0.05, 0.1) is 25.0 Å². The fourth-order valence-electron chi connectivity index (χ4n) is 4.74. The molecule has 2 aliphatic rings. The number of carbonyl (C=O) groups is 2. The van der Waals surface area contributed by atoms with E-state index in [0.29, 0.717) is 33.8 Å². The van der Waals surface area contributed by atoms with Crippen LogP contribution in [0, 0.1) is 0 Å². The zero-order valence-corrected chi connectivity index (χ0v) is 22.9. The number of nitrogens with one attached hydrogen (secondary N) is 4. The molecule has 10 nitrogen and oxygen atoms in total. The summed E-state index contributed by atoms with van der Waals surface area (Å²) < 4.78 is 5.56. The predicted octanol–water partition coefficient (Wildman–Crippen LogP) is 4.08. The highest BCUT2D eigenvalue weighted by Gasteiger charge is 2.22.